The Morgan fingerprint density at radius 2 is 1.81 bits per heavy atom. The molecular weight excluding hydrogens is 651 g/mol. The number of rotatable bonds is 16. The molecule has 0 spiro atoms. The van der Waals surface area contributed by atoms with Crippen molar-refractivity contribution < 1.29 is 34.4 Å². The van der Waals surface area contributed by atoms with Crippen molar-refractivity contribution >= 4 is 34.4 Å². The Bertz CT molecular complexity index is 1190. The number of hydrogen-bond acceptors (Lipinski definition) is 7. The molecule has 0 unspecified atom stereocenters. The van der Waals surface area contributed by atoms with Crippen molar-refractivity contribution in [1.82, 2.24) is 10.2 Å². The Labute approximate surface area is 262 Å². The fourth-order valence-electron chi connectivity index (χ4n) is 5.09. The maximum atomic E-state index is 13.7. The number of benzene rings is 2. The largest absolute Gasteiger partial charge is 0.493 e. The first-order valence-corrected chi connectivity index (χ1v) is 15.7. The number of ether oxygens (including phenoxy) is 2. The molecule has 0 saturated carbocycles. The van der Waals surface area contributed by atoms with E-state index in [1.165, 1.54) is 7.11 Å². The van der Waals surface area contributed by atoms with Gasteiger partial charge < -0.3 is 35.0 Å². The van der Waals surface area contributed by atoms with Crippen molar-refractivity contribution in [2.24, 2.45) is 0 Å². The quantitative estimate of drug-likeness (QED) is 0.154. The summed E-state index contributed by atoms with van der Waals surface area (Å²) >= 11 is 2.08. The van der Waals surface area contributed by atoms with Gasteiger partial charge in [0, 0.05) is 31.5 Å². The number of halogens is 1. The molecule has 0 radical (unpaired) electrons. The lowest BCUT2D eigenvalue weighted by molar-refractivity contribution is -0.139. The Morgan fingerprint density at radius 1 is 1.07 bits per heavy atom. The number of nitrogens with one attached hydrogen (secondary N) is 1. The molecule has 0 heterocycles. The third-order valence-corrected chi connectivity index (χ3v) is 8.15. The molecule has 3 atom stereocenters. The van der Waals surface area contributed by atoms with Crippen molar-refractivity contribution in [3.8, 4) is 11.5 Å². The molecule has 2 amide bonds. The van der Waals surface area contributed by atoms with Crippen molar-refractivity contribution in [2.75, 3.05) is 20.3 Å². The van der Waals surface area contributed by atoms with Crippen LogP contribution in [0.1, 0.15) is 63.0 Å². The van der Waals surface area contributed by atoms with Crippen LogP contribution in [0.3, 0.4) is 0 Å². The van der Waals surface area contributed by atoms with Crippen LogP contribution in [0.25, 0.3) is 0 Å². The molecule has 2 aromatic carbocycles. The number of amides is 2. The first-order chi connectivity index (χ1) is 20.3. The summed E-state index contributed by atoms with van der Waals surface area (Å²) in [7, 11) is 1.49. The second-order valence-electron chi connectivity index (χ2n) is 10.5. The number of aliphatic hydroxyl groups is 3. The predicted molar refractivity (Wildman–Crippen MR) is 169 cm³/mol. The van der Waals surface area contributed by atoms with E-state index in [0.29, 0.717) is 32.6 Å². The molecule has 0 aliphatic heterocycles. The van der Waals surface area contributed by atoms with Crippen molar-refractivity contribution in [3.63, 3.8) is 0 Å². The van der Waals surface area contributed by atoms with Gasteiger partial charge in [0.05, 0.1) is 29.9 Å². The molecule has 230 valence electrons. The van der Waals surface area contributed by atoms with E-state index in [1.54, 1.807) is 23.1 Å². The van der Waals surface area contributed by atoms with Crippen LogP contribution in [0.4, 0.5) is 0 Å². The van der Waals surface area contributed by atoms with Crippen LogP contribution in [0.2, 0.25) is 0 Å². The average molecular weight is 695 g/mol. The smallest absolute Gasteiger partial charge is 0.247 e. The highest BCUT2D eigenvalue weighted by Crippen LogP contribution is 2.37. The standard InChI is InChI=1S/C32H43IN2O7/c1-3-4-5-6-10-13-29(38)35(20-22-11-8-7-9-12-22)26-18-24(32(40)34-14-15-36)19-27(30(26)39)42-31-25(33)16-23(21-37)17-28(31)41-2/h7-9,11-12,16-17,19,26-27,30,36-37,39H,3-6,10,13-15,18,20-21H2,1-2H3,(H,34,40)/t26-,27+,30+/m1/s1. The molecule has 4 N–H and O–H groups in total. The van der Waals surface area contributed by atoms with Crippen molar-refractivity contribution in [2.45, 2.75) is 83.3 Å². The van der Waals surface area contributed by atoms with Gasteiger partial charge in [0.25, 0.3) is 0 Å². The van der Waals surface area contributed by atoms with E-state index >= 15 is 0 Å². The predicted octanol–water partition coefficient (Wildman–Crippen LogP) is 4.10. The normalized spacial score (nSPS) is 18.2. The van der Waals surface area contributed by atoms with Gasteiger partial charge in [-0.3, -0.25) is 9.59 Å². The number of nitrogens with zero attached hydrogens (tertiary/aromatic N) is 1. The SMILES string of the molecule is CCCCCCCC(=O)N(Cc1ccccc1)[C@@H]1CC(C(=O)NCCO)=C[C@H](Oc2c(I)cc(CO)cc2OC)[C@H]1O. The van der Waals surface area contributed by atoms with Gasteiger partial charge in [-0.2, -0.15) is 0 Å². The molecular formula is C32H43IN2O7. The van der Waals surface area contributed by atoms with Gasteiger partial charge in [-0.15, -0.1) is 0 Å². The third kappa shape index (κ3) is 9.42. The summed E-state index contributed by atoms with van der Waals surface area (Å²) in [5.74, 6) is 0.264. The van der Waals surface area contributed by atoms with Crippen LogP contribution in [0.5, 0.6) is 11.5 Å². The minimum atomic E-state index is -1.15. The lowest BCUT2D eigenvalue weighted by atomic mass is 9.87. The summed E-state index contributed by atoms with van der Waals surface area (Å²) in [6, 6.07) is 12.3. The van der Waals surface area contributed by atoms with Crippen LogP contribution >= 0.6 is 22.6 Å². The molecule has 0 bridgehead atoms. The van der Waals surface area contributed by atoms with E-state index in [1.807, 2.05) is 30.3 Å². The summed E-state index contributed by atoms with van der Waals surface area (Å²) in [5, 5.41) is 33.3. The number of aliphatic hydroxyl groups excluding tert-OH is 3. The van der Waals surface area contributed by atoms with Crippen LogP contribution < -0.4 is 14.8 Å². The molecule has 1 aliphatic rings. The van der Waals surface area contributed by atoms with Crippen LogP contribution in [-0.2, 0) is 22.7 Å². The first-order valence-electron chi connectivity index (χ1n) is 14.6. The van der Waals surface area contributed by atoms with Gasteiger partial charge in [0.15, 0.2) is 11.5 Å². The van der Waals surface area contributed by atoms with E-state index < -0.39 is 24.2 Å². The van der Waals surface area contributed by atoms with Gasteiger partial charge >= 0.3 is 0 Å². The monoisotopic (exact) mass is 694 g/mol. The van der Waals surface area contributed by atoms with E-state index in [0.717, 1.165) is 37.7 Å². The highest BCUT2D eigenvalue weighted by Gasteiger charge is 2.40. The summed E-state index contributed by atoms with van der Waals surface area (Å²) in [6.45, 7) is 2.11. The molecule has 3 rings (SSSR count). The lowest BCUT2D eigenvalue weighted by Gasteiger charge is -2.41. The van der Waals surface area contributed by atoms with E-state index in [9.17, 15) is 24.9 Å². The van der Waals surface area contributed by atoms with E-state index in [4.69, 9.17) is 9.47 Å². The average Bonchev–Trinajstić information content (AvgIpc) is 3.00. The Kier molecular flexibility index (Phi) is 14.1. The van der Waals surface area contributed by atoms with E-state index in [2.05, 4.69) is 34.8 Å². The van der Waals surface area contributed by atoms with Gasteiger partial charge in [-0.25, -0.2) is 0 Å². The number of carbonyl (C=O) groups excluding carboxylic acids is 2. The van der Waals surface area contributed by atoms with Crippen LogP contribution in [-0.4, -0.2) is 70.5 Å². The molecule has 0 fully saturated rings. The second-order valence-corrected chi connectivity index (χ2v) is 11.6. The van der Waals surface area contributed by atoms with Crippen LogP contribution in [0.15, 0.2) is 54.1 Å². The number of unbranched alkanes of at least 4 members (excludes halogenated alkanes) is 4. The lowest BCUT2D eigenvalue weighted by Crippen LogP contribution is -2.54. The fourth-order valence-corrected chi connectivity index (χ4v) is 5.88. The highest BCUT2D eigenvalue weighted by atomic mass is 127. The second kappa shape index (κ2) is 17.4. The zero-order valence-electron chi connectivity index (χ0n) is 24.4. The third-order valence-electron chi connectivity index (χ3n) is 7.35. The van der Waals surface area contributed by atoms with Gasteiger partial charge in [0.1, 0.15) is 12.2 Å². The highest BCUT2D eigenvalue weighted by molar-refractivity contribution is 14.1. The fraction of sp³-hybridized carbons (Fsp3) is 0.500. The number of carbonyl (C=O) groups is 2. The zero-order valence-corrected chi connectivity index (χ0v) is 26.6. The van der Waals surface area contributed by atoms with Crippen molar-refractivity contribution in [1.29, 1.82) is 0 Å². The zero-order chi connectivity index (χ0) is 30.5. The molecule has 0 saturated heterocycles. The minimum Gasteiger partial charge on any atom is -0.493 e. The summed E-state index contributed by atoms with van der Waals surface area (Å²) in [4.78, 5) is 28.5. The maximum absolute atomic E-state index is 13.7. The molecule has 9 nitrogen and oxygen atoms in total. The van der Waals surface area contributed by atoms with Crippen molar-refractivity contribution in [3.05, 3.63) is 68.8 Å². The maximum Gasteiger partial charge on any atom is 0.247 e. The molecule has 2 aromatic rings. The first kappa shape index (κ1) is 33.8. The van der Waals surface area contributed by atoms with E-state index in [-0.39, 0.29) is 38.6 Å². The molecule has 1 aliphatic carbocycles. The Morgan fingerprint density at radius 3 is 2.48 bits per heavy atom. The molecule has 0 aromatic heterocycles. The van der Waals surface area contributed by atoms with Crippen LogP contribution in [0, 0.1) is 3.57 Å². The molecule has 42 heavy (non-hydrogen) atoms. The summed E-state index contributed by atoms with van der Waals surface area (Å²) < 4.78 is 12.5. The Balaban J connectivity index is 1.97. The van der Waals surface area contributed by atoms with Gasteiger partial charge in [-0.05, 0) is 58.3 Å². The number of methoxy groups -OCH3 is 1. The minimum absolute atomic E-state index is 0.0771. The number of hydrogen-bond donors (Lipinski definition) is 4. The summed E-state index contributed by atoms with van der Waals surface area (Å²) in [6.07, 6.45) is 4.94. The van der Waals surface area contributed by atoms with Gasteiger partial charge in [-0.1, -0.05) is 62.9 Å². The summed E-state index contributed by atoms with van der Waals surface area (Å²) in [5.41, 5.74) is 1.92. The van der Waals surface area contributed by atoms with Gasteiger partial charge in [0.2, 0.25) is 11.8 Å². The Hall–Kier alpha value is -2.67. The molecule has 10 heteroatoms. The topological polar surface area (TPSA) is 129 Å².